The number of carbonyl (C=O) groups excluding carboxylic acids is 1. The number of nitrogens with one attached hydrogen (secondary N) is 3. The van der Waals surface area contributed by atoms with E-state index in [-0.39, 0.29) is 11.9 Å². The maximum atomic E-state index is 12.1. The van der Waals surface area contributed by atoms with Crippen molar-refractivity contribution in [3.63, 3.8) is 0 Å². The number of nitrogens with zero attached hydrogens (tertiary/aromatic N) is 1. The summed E-state index contributed by atoms with van der Waals surface area (Å²) in [7, 11) is 0. The summed E-state index contributed by atoms with van der Waals surface area (Å²) in [4.78, 5) is 12.1. The van der Waals surface area contributed by atoms with E-state index in [2.05, 4.69) is 39.0 Å². The molecule has 3 N–H and O–H groups in total. The molecule has 0 spiro atoms. The molecule has 2 heterocycles. The van der Waals surface area contributed by atoms with E-state index in [1.165, 1.54) is 11.1 Å². The Bertz CT molecular complexity index is 620. The molecule has 5 heteroatoms. The number of aromatic nitrogens is 2. The average molecular weight is 270 g/mol. The number of hydrogen-bond donors (Lipinski definition) is 3. The van der Waals surface area contributed by atoms with Crippen LogP contribution in [0.5, 0.6) is 0 Å². The van der Waals surface area contributed by atoms with Crippen molar-refractivity contribution in [3.05, 3.63) is 52.8 Å². The van der Waals surface area contributed by atoms with Crippen molar-refractivity contribution in [2.24, 2.45) is 0 Å². The Labute approximate surface area is 117 Å². The van der Waals surface area contributed by atoms with Crippen LogP contribution in [0, 0.1) is 6.92 Å². The molecule has 3 rings (SSSR count). The number of aromatic amines is 1. The topological polar surface area (TPSA) is 69.8 Å². The normalized spacial score (nSPS) is 17.6. The first kappa shape index (κ1) is 12.9. The summed E-state index contributed by atoms with van der Waals surface area (Å²) < 4.78 is 0. The highest BCUT2D eigenvalue weighted by Gasteiger charge is 2.20. The third kappa shape index (κ3) is 2.44. The minimum absolute atomic E-state index is 0.0823. The van der Waals surface area contributed by atoms with Crippen molar-refractivity contribution in [2.75, 3.05) is 13.1 Å². The summed E-state index contributed by atoms with van der Waals surface area (Å²) in [5.41, 5.74) is 4.04. The maximum absolute atomic E-state index is 12.1. The van der Waals surface area contributed by atoms with E-state index in [1.807, 2.05) is 13.0 Å². The number of H-pyrrole nitrogens is 1. The third-order valence-corrected chi connectivity index (χ3v) is 3.76. The largest absolute Gasteiger partial charge is 0.350 e. The van der Waals surface area contributed by atoms with E-state index in [1.54, 1.807) is 6.20 Å². The van der Waals surface area contributed by atoms with Gasteiger partial charge in [0.2, 0.25) is 0 Å². The molecule has 0 aliphatic carbocycles. The molecule has 0 fully saturated rings. The van der Waals surface area contributed by atoms with Crippen LogP contribution in [0.3, 0.4) is 0 Å². The van der Waals surface area contributed by atoms with Gasteiger partial charge in [0.05, 0.1) is 11.8 Å². The van der Waals surface area contributed by atoms with Crippen LogP contribution in [0.2, 0.25) is 0 Å². The molecule has 1 amide bonds. The molecule has 0 bridgehead atoms. The molecule has 0 saturated heterocycles. The van der Waals surface area contributed by atoms with E-state index in [0.717, 1.165) is 18.7 Å². The first-order chi connectivity index (χ1) is 9.75. The minimum Gasteiger partial charge on any atom is -0.350 e. The number of rotatable bonds is 3. The average Bonchev–Trinajstić information content (AvgIpc) is 2.91. The summed E-state index contributed by atoms with van der Waals surface area (Å²) in [5, 5.41) is 13.1. The number of fused-ring (bicyclic) bond motifs is 1. The lowest BCUT2D eigenvalue weighted by Crippen LogP contribution is -2.38. The fraction of sp³-hybridized carbons (Fsp3) is 0.333. The highest BCUT2D eigenvalue weighted by molar-refractivity contribution is 5.94. The molecular formula is C15H18N4O. The lowest BCUT2D eigenvalue weighted by molar-refractivity contribution is 0.0948. The van der Waals surface area contributed by atoms with Crippen LogP contribution in [0.1, 0.15) is 33.2 Å². The van der Waals surface area contributed by atoms with Crippen molar-refractivity contribution in [1.82, 2.24) is 20.8 Å². The predicted molar refractivity (Wildman–Crippen MR) is 76.5 cm³/mol. The van der Waals surface area contributed by atoms with Gasteiger partial charge in [-0.3, -0.25) is 9.89 Å². The van der Waals surface area contributed by atoms with Gasteiger partial charge < -0.3 is 10.6 Å². The van der Waals surface area contributed by atoms with Crippen molar-refractivity contribution >= 4 is 5.91 Å². The van der Waals surface area contributed by atoms with E-state index >= 15 is 0 Å². The molecule has 1 aromatic carbocycles. The molecule has 0 radical (unpaired) electrons. The molecule has 1 aromatic heterocycles. The number of amides is 1. The number of benzene rings is 1. The van der Waals surface area contributed by atoms with E-state index in [0.29, 0.717) is 12.1 Å². The number of hydrogen-bond acceptors (Lipinski definition) is 3. The lowest BCUT2D eigenvalue weighted by Gasteiger charge is -2.27. The zero-order valence-electron chi connectivity index (χ0n) is 11.4. The predicted octanol–water partition coefficient (Wildman–Crippen LogP) is 1.33. The van der Waals surface area contributed by atoms with Gasteiger partial charge in [-0.05, 0) is 31.0 Å². The summed E-state index contributed by atoms with van der Waals surface area (Å²) >= 11 is 0. The Balaban J connectivity index is 1.68. The highest BCUT2D eigenvalue weighted by atomic mass is 16.1. The van der Waals surface area contributed by atoms with Crippen LogP contribution in [-0.4, -0.2) is 29.2 Å². The maximum Gasteiger partial charge on any atom is 0.254 e. The van der Waals surface area contributed by atoms with Gasteiger partial charge >= 0.3 is 0 Å². The molecule has 0 saturated carbocycles. The van der Waals surface area contributed by atoms with Crippen molar-refractivity contribution in [1.29, 1.82) is 0 Å². The lowest BCUT2D eigenvalue weighted by atomic mass is 9.94. The van der Waals surface area contributed by atoms with E-state index in [4.69, 9.17) is 0 Å². The van der Waals surface area contributed by atoms with Gasteiger partial charge in [-0.1, -0.05) is 24.3 Å². The highest BCUT2D eigenvalue weighted by Crippen LogP contribution is 2.21. The third-order valence-electron chi connectivity index (χ3n) is 3.76. The molecule has 104 valence electrons. The molecule has 1 unspecified atom stereocenters. The summed E-state index contributed by atoms with van der Waals surface area (Å²) in [6.45, 7) is 3.37. The van der Waals surface area contributed by atoms with Gasteiger partial charge in [0.1, 0.15) is 0 Å². The standard InChI is InChI=1S/C15H18N4O/c1-10-13(8-18-19-10)15(20)17-9-14-12-5-3-2-4-11(12)6-7-16-14/h2-5,8,14,16H,6-7,9H2,1H3,(H,17,20)(H,18,19). The van der Waals surface area contributed by atoms with E-state index < -0.39 is 0 Å². The molecule has 1 atom stereocenters. The molecule has 5 nitrogen and oxygen atoms in total. The molecule has 2 aromatic rings. The fourth-order valence-corrected chi connectivity index (χ4v) is 2.64. The quantitative estimate of drug-likeness (QED) is 0.788. The molecular weight excluding hydrogens is 252 g/mol. The SMILES string of the molecule is Cc1[nH]ncc1C(=O)NCC1NCCc2ccccc21. The van der Waals surface area contributed by atoms with Crippen molar-refractivity contribution in [2.45, 2.75) is 19.4 Å². The second kappa shape index (κ2) is 5.46. The van der Waals surface area contributed by atoms with Crippen LogP contribution in [-0.2, 0) is 6.42 Å². The molecule has 1 aliphatic heterocycles. The van der Waals surface area contributed by atoms with E-state index in [9.17, 15) is 4.79 Å². The Morgan fingerprint density at radius 1 is 1.45 bits per heavy atom. The van der Waals surface area contributed by atoms with Crippen LogP contribution in [0.4, 0.5) is 0 Å². The van der Waals surface area contributed by atoms with Gasteiger partial charge in [-0.2, -0.15) is 5.10 Å². The van der Waals surface area contributed by atoms with Gasteiger partial charge in [0.15, 0.2) is 0 Å². The summed E-state index contributed by atoms with van der Waals surface area (Å²) in [6, 6.07) is 8.57. The Morgan fingerprint density at radius 2 is 2.30 bits per heavy atom. The summed E-state index contributed by atoms with van der Waals surface area (Å²) in [6.07, 6.45) is 2.61. The Hall–Kier alpha value is -2.14. The van der Waals surface area contributed by atoms with Gasteiger partial charge in [-0.15, -0.1) is 0 Å². The summed E-state index contributed by atoms with van der Waals surface area (Å²) in [5.74, 6) is -0.0823. The second-order valence-electron chi connectivity index (χ2n) is 5.07. The molecule has 1 aliphatic rings. The minimum atomic E-state index is -0.0823. The number of aryl methyl sites for hydroxylation is 1. The van der Waals surface area contributed by atoms with Crippen LogP contribution < -0.4 is 10.6 Å². The van der Waals surface area contributed by atoms with Crippen LogP contribution in [0.15, 0.2) is 30.5 Å². The number of carbonyl (C=O) groups is 1. The van der Waals surface area contributed by atoms with Gasteiger partial charge in [0.25, 0.3) is 5.91 Å². The Morgan fingerprint density at radius 3 is 3.10 bits per heavy atom. The van der Waals surface area contributed by atoms with Crippen LogP contribution in [0.25, 0.3) is 0 Å². The first-order valence-electron chi connectivity index (χ1n) is 6.85. The monoisotopic (exact) mass is 270 g/mol. The van der Waals surface area contributed by atoms with Gasteiger partial charge in [0, 0.05) is 18.3 Å². The molecule has 20 heavy (non-hydrogen) atoms. The van der Waals surface area contributed by atoms with Crippen LogP contribution >= 0.6 is 0 Å². The van der Waals surface area contributed by atoms with Gasteiger partial charge in [-0.25, -0.2) is 0 Å². The first-order valence-corrected chi connectivity index (χ1v) is 6.85. The smallest absolute Gasteiger partial charge is 0.254 e. The second-order valence-corrected chi connectivity index (χ2v) is 5.07. The van der Waals surface area contributed by atoms with Crippen molar-refractivity contribution < 1.29 is 4.79 Å². The fourth-order valence-electron chi connectivity index (χ4n) is 2.64. The zero-order valence-corrected chi connectivity index (χ0v) is 11.4. The Kier molecular flexibility index (Phi) is 3.52. The van der Waals surface area contributed by atoms with Crippen molar-refractivity contribution in [3.8, 4) is 0 Å². The zero-order chi connectivity index (χ0) is 13.9.